The van der Waals surface area contributed by atoms with Crippen LogP contribution in [0.4, 0.5) is 0 Å². The fourth-order valence-electron chi connectivity index (χ4n) is 3.20. The number of likely N-dealkylation sites (tertiary alicyclic amines) is 1. The van der Waals surface area contributed by atoms with E-state index in [9.17, 15) is 4.79 Å². The summed E-state index contributed by atoms with van der Waals surface area (Å²) in [6.45, 7) is 5.22. The highest BCUT2D eigenvalue weighted by molar-refractivity contribution is 5.95. The third-order valence-corrected chi connectivity index (χ3v) is 5.06. The molecule has 6 heteroatoms. The van der Waals surface area contributed by atoms with E-state index in [2.05, 4.69) is 10.1 Å². The van der Waals surface area contributed by atoms with Crippen molar-refractivity contribution < 1.29 is 14.1 Å². The molecular weight excluding hydrogens is 342 g/mol. The van der Waals surface area contributed by atoms with Gasteiger partial charge in [0.2, 0.25) is 11.7 Å². The van der Waals surface area contributed by atoms with Crippen LogP contribution in [0.5, 0.6) is 5.75 Å². The number of hydrogen-bond acceptors (Lipinski definition) is 5. The minimum atomic E-state index is 0.0406. The van der Waals surface area contributed by atoms with Gasteiger partial charge in [-0.2, -0.15) is 4.98 Å². The Balaban J connectivity index is 1.45. The Bertz CT molecular complexity index is 990. The molecule has 0 radical (unpaired) electrons. The first-order valence-electron chi connectivity index (χ1n) is 8.90. The largest absolute Gasteiger partial charge is 0.496 e. The molecule has 1 aliphatic rings. The van der Waals surface area contributed by atoms with E-state index in [1.54, 1.807) is 7.11 Å². The molecule has 27 heavy (non-hydrogen) atoms. The number of carbonyl (C=O) groups excluding carboxylic acids is 1. The van der Waals surface area contributed by atoms with Crippen LogP contribution in [-0.4, -0.2) is 41.1 Å². The van der Waals surface area contributed by atoms with Crippen molar-refractivity contribution in [2.75, 3.05) is 20.2 Å². The molecular formula is C21H21N3O3. The highest BCUT2D eigenvalue weighted by Crippen LogP contribution is 2.31. The highest BCUT2D eigenvalue weighted by Gasteiger charge is 2.36. The standard InChI is InChI=1S/C21H21N3O3/c1-13-8-9-15(10-14(13)2)21(25)24-11-16(12-24)20-22-19(23-27-20)17-6-4-5-7-18(17)26-3/h4-10,16H,11-12H2,1-3H3. The van der Waals surface area contributed by atoms with Crippen LogP contribution >= 0.6 is 0 Å². The molecule has 0 unspecified atom stereocenters. The van der Waals surface area contributed by atoms with E-state index in [0.717, 1.165) is 16.7 Å². The van der Waals surface area contributed by atoms with Gasteiger partial charge in [0, 0.05) is 18.7 Å². The van der Waals surface area contributed by atoms with Gasteiger partial charge in [-0.15, -0.1) is 0 Å². The third-order valence-electron chi connectivity index (χ3n) is 5.06. The van der Waals surface area contributed by atoms with Gasteiger partial charge in [-0.05, 0) is 49.2 Å². The van der Waals surface area contributed by atoms with E-state index < -0.39 is 0 Å². The third kappa shape index (κ3) is 3.18. The van der Waals surface area contributed by atoms with Crippen LogP contribution in [0, 0.1) is 13.8 Å². The summed E-state index contributed by atoms with van der Waals surface area (Å²) < 4.78 is 10.8. The van der Waals surface area contributed by atoms with Gasteiger partial charge in [-0.25, -0.2) is 0 Å². The average molecular weight is 363 g/mol. The second kappa shape index (κ2) is 6.87. The lowest BCUT2D eigenvalue weighted by Gasteiger charge is -2.37. The Morgan fingerprint density at radius 1 is 1.15 bits per heavy atom. The van der Waals surface area contributed by atoms with Crippen LogP contribution in [0.2, 0.25) is 0 Å². The maximum absolute atomic E-state index is 12.6. The minimum absolute atomic E-state index is 0.0406. The van der Waals surface area contributed by atoms with Crippen molar-refractivity contribution in [2.24, 2.45) is 0 Å². The summed E-state index contributed by atoms with van der Waals surface area (Å²) in [5, 5.41) is 4.08. The number of para-hydroxylation sites is 1. The van der Waals surface area contributed by atoms with Gasteiger partial charge in [0.1, 0.15) is 5.75 Å². The Labute approximate surface area is 157 Å². The smallest absolute Gasteiger partial charge is 0.253 e. The number of amides is 1. The van der Waals surface area contributed by atoms with Gasteiger partial charge in [-0.1, -0.05) is 23.4 Å². The van der Waals surface area contributed by atoms with Crippen molar-refractivity contribution in [1.29, 1.82) is 0 Å². The zero-order chi connectivity index (χ0) is 19.0. The molecule has 2 heterocycles. The first-order valence-corrected chi connectivity index (χ1v) is 8.90. The van der Waals surface area contributed by atoms with Crippen LogP contribution < -0.4 is 4.74 Å². The molecule has 2 aromatic carbocycles. The number of hydrogen-bond donors (Lipinski definition) is 0. The van der Waals surface area contributed by atoms with Crippen LogP contribution in [0.25, 0.3) is 11.4 Å². The van der Waals surface area contributed by atoms with Crippen molar-refractivity contribution in [1.82, 2.24) is 15.0 Å². The van der Waals surface area contributed by atoms with Crippen molar-refractivity contribution in [3.05, 3.63) is 65.0 Å². The monoisotopic (exact) mass is 363 g/mol. The predicted octanol–water partition coefficient (Wildman–Crippen LogP) is 3.60. The zero-order valence-corrected chi connectivity index (χ0v) is 15.6. The summed E-state index contributed by atoms with van der Waals surface area (Å²) in [6, 6.07) is 13.4. The second-order valence-electron chi connectivity index (χ2n) is 6.86. The van der Waals surface area contributed by atoms with Crippen molar-refractivity contribution >= 4 is 5.91 Å². The predicted molar refractivity (Wildman–Crippen MR) is 101 cm³/mol. The van der Waals surface area contributed by atoms with Crippen molar-refractivity contribution in [3.8, 4) is 17.1 Å². The molecule has 1 aliphatic heterocycles. The van der Waals surface area contributed by atoms with Gasteiger partial charge < -0.3 is 14.2 Å². The molecule has 0 saturated carbocycles. The molecule has 1 amide bonds. The Morgan fingerprint density at radius 2 is 1.93 bits per heavy atom. The number of rotatable bonds is 4. The molecule has 0 N–H and O–H groups in total. The summed E-state index contributed by atoms with van der Waals surface area (Å²) in [6.07, 6.45) is 0. The maximum Gasteiger partial charge on any atom is 0.253 e. The number of carbonyl (C=O) groups is 1. The van der Waals surface area contributed by atoms with Gasteiger partial charge in [0.05, 0.1) is 18.6 Å². The van der Waals surface area contributed by atoms with Crippen molar-refractivity contribution in [3.63, 3.8) is 0 Å². The Morgan fingerprint density at radius 3 is 2.67 bits per heavy atom. The lowest BCUT2D eigenvalue weighted by atomic mass is 9.97. The molecule has 0 spiro atoms. The summed E-state index contributed by atoms with van der Waals surface area (Å²) in [4.78, 5) is 18.9. The quantitative estimate of drug-likeness (QED) is 0.708. The molecule has 1 fully saturated rings. The van der Waals surface area contributed by atoms with Gasteiger partial charge in [0.15, 0.2) is 0 Å². The lowest BCUT2D eigenvalue weighted by molar-refractivity contribution is 0.0569. The van der Waals surface area contributed by atoms with Crippen LogP contribution in [0.1, 0.15) is 33.3 Å². The van der Waals surface area contributed by atoms with Crippen LogP contribution in [0.15, 0.2) is 47.0 Å². The first-order chi connectivity index (χ1) is 13.1. The van der Waals surface area contributed by atoms with E-state index in [1.165, 1.54) is 5.56 Å². The minimum Gasteiger partial charge on any atom is -0.496 e. The topological polar surface area (TPSA) is 68.5 Å². The molecule has 138 valence electrons. The number of aryl methyl sites for hydroxylation is 2. The SMILES string of the molecule is COc1ccccc1-c1noc(C2CN(C(=O)c3ccc(C)c(C)c3)C2)n1. The number of ether oxygens (including phenoxy) is 1. The highest BCUT2D eigenvalue weighted by atomic mass is 16.5. The van der Waals surface area contributed by atoms with E-state index >= 15 is 0 Å². The lowest BCUT2D eigenvalue weighted by Crippen LogP contribution is -2.48. The average Bonchev–Trinajstić information content (AvgIpc) is 3.12. The van der Waals surface area contributed by atoms with E-state index in [-0.39, 0.29) is 11.8 Å². The molecule has 0 aliphatic carbocycles. The molecule has 4 rings (SSSR count). The number of methoxy groups -OCH3 is 1. The normalized spacial score (nSPS) is 14.1. The van der Waals surface area contributed by atoms with Crippen molar-refractivity contribution in [2.45, 2.75) is 19.8 Å². The fraction of sp³-hybridized carbons (Fsp3) is 0.286. The summed E-state index contributed by atoms with van der Waals surface area (Å²) in [7, 11) is 1.61. The maximum atomic E-state index is 12.6. The van der Waals surface area contributed by atoms with Gasteiger partial charge in [-0.3, -0.25) is 4.79 Å². The van der Waals surface area contributed by atoms with Crippen LogP contribution in [0.3, 0.4) is 0 Å². The summed E-state index contributed by atoms with van der Waals surface area (Å²) in [5.74, 6) is 1.86. The number of benzene rings is 2. The van der Waals surface area contributed by atoms with E-state index in [1.807, 2.05) is 61.2 Å². The molecule has 0 bridgehead atoms. The molecule has 6 nitrogen and oxygen atoms in total. The fourth-order valence-corrected chi connectivity index (χ4v) is 3.20. The summed E-state index contributed by atoms with van der Waals surface area (Å²) in [5.41, 5.74) is 3.81. The van der Waals surface area contributed by atoms with Gasteiger partial charge in [0.25, 0.3) is 5.91 Å². The molecule has 3 aromatic rings. The van der Waals surface area contributed by atoms with Crippen LogP contribution in [-0.2, 0) is 0 Å². The second-order valence-corrected chi connectivity index (χ2v) is 6.86. The summed E-state index contributed by atoms with van der Waals surface area (Å²) >= 11 is 0. The van der Waals surface area contributed by atoms with E-state index in [0.29, 0.717) is 30.6 Å². The zero-order valence-electron chi connectivity index (χ0n) is 15.6. The Kier molecular flexibility index (Phi) is 4.39. The molecule has 0 atom stereocenters. The molecule has 1 aromatic heterocycles. The molecule has 1 saturated heterocycles. The first kappa shape index (κ1) is 17.3. The Hall–Kier alpha value is -3.15. The number of nitrogens with zero attached hydrogens (tertiary/aromatic N) is 3. The number of aromatic nitrogens is 2. The van der Waals surface area contributed by atoms with Gasteiger partial charge >= 0.3 is 0 Å². The van der Waals surface area contributed by atoms with E-state index in [4.69, 9.17) is 9.26 Å².